The van der Waals surface area contributed by atoms with Gasteiger partial charge < -0.3 is 19.3 Å². The first-order valence-electron chi connectivity index (χ1n) is 12.3. The van der Waals surface area contributed by atoms with Crippen LogP contribution < -0.4 is 4.74 Å². The summed E-state index contributed by atoms with van der Waals surface area (Å²) in [5, 5.41) is 11.0. The number of carbonyl (C=O) groups excluding carboxylic acids is 2. The summed E-state index contributed by atoms with van der Waals surface area (Å²) in [6.45, 7) is 0.0330. The molecule has 6 nitrogen and oxygen atoms in total. The van der Waals surface area contributed by atoms with E-state index in [0.29, 0.717) is 22.8 Å². The maximum atomic E-state index is 13.0. The van der Waals surface area contributed by atoms with Crippen molar-refractivity contribution in [3.63, 3.8) is 0 Å². The van der Waals surface area contributed by atoms with Crippen molar-refractivity contribution in [3.8, 4) is 16.9 Å². The Balaban J connectivity index is 1.24. The Morgan fingerprint density at radius 3 is 2.57 bits per heavy atom. The first kappa shape index (κ1) is 25.1. The van der Waals surface area contributed by atoms with E-state index in [-0.39, 0.29) is 36.9 Å². The molecule has 190 valence electrons. The fourth-order valence-corrected chi connectivity index (χ4v) is 5.16. The SMILES string of the molecule is O=C1C[C@@H]2[C@@H](C=C[C@H](O)COc3cccc(Cl)c3)[C@H](OC(=O)c3ccc(-c4ccccc4)cc3)C[C@@H]2O1. The molecule has 0 spiro atoms. The van der Waals surface area contributed by atoms with Crippen molar-refractivity contribution in [2.75, 3.05) is 6.61 Å². The van der Waals surface area contributed by atoms with Gasteiger partial charge in [-0.3, -0.25) is 4.79 Å². The topological polar surface area (TPSA) is 82.1 Å². The number of rotatable bonds is 8. The predicted molar refractivity (Wildman–Crippen MR) is 139 cm³/mol. The van der Waals surface area contributed by atoms with E-state index in [2.05, 4.69) is 0 Å². The molecule has 1 aliphatic heterocycles. The molecule has 0 bridgehead atoms. The van der Waals surface area contributed by atoms with Crippen LogP contribution in [0.4, 0.5) is 0 Å². The Kier molecular flexibility index (Phi) is 7.58. The largest absolute Gasteiger partial charge is 0.491 e. The third-order valence-corrected chi connectivity index (χ3v) is 7.04. The Hall–Kier alpha value is -3.61. The van der Waals surface area contributed by atoms with Crippen molar-refractivity contribution < 1.29 is 28.9 Å². The summed E-state index contributed by atoms with van der Waals surface area (Å²) < 4.78 is 17.0. The fourth-order valence-electron chi connectivity index (χ4n) is 4.98. The van der Waals surface area contributed by atoms with Gasteiger partial charge in [-0.25, -0.2) is 4.79 Å². The lowest BCUT2D eigenvalue weighted by atomic mass is 9.91. The molecule has 5 atom stereocenters. The number of halogens is 1. The Morgan fingerprint density at radius 2 is 1.81 bits per heavy atom. The van der Waals surface area contributed by atoms with Gasteiger partial charge in [-0.15, -0.1) is 0 Å². The zero-order valence-electron chi connectivity index (χ0n) is 20.0. The van der Waals surface area contributed by atoms with Gasteiger partial charge in [0.2, 0.25) is 0 Å². The van der Waals surface area contributed by atoms with Crippen LogP contribution in [0.15, 0.2) is 91.0 Å². The van der Waals surface area contributed by atoms with E-state index in [4.69, 9.17) is 25.8 Å². The highest BCUT2D eigenvalue weighted by Gasteiger charge is 2.50. The molecular formula is C30H27ClO6. The van der Waals surface area contributed by atoms with Crippen molar-refractivity contribution in [1.29, 1.82) is 0 Å². The quantitative estimate of drug-likeness (QED) is 0.314. The molecule has 3 aromatic rings. The first-order chi connectivity index (χ1) is 18.0. The molecule has 37 heavy (non-hydrogen) atoms. The Labute approximate surface area is 220 Å². The van der Waals surface area contributed by atoms with E-state index in [1.165, 1.54) is 0 Å². The van der Waals surface area contributed by atoms with Gasteiger partial charge in [0.1, 0.15) is 30.7 Å². The second-order valence-corrected chi connectivity index (χ2v) is 9.75. The zero-order valence-corrected chi connectivity index (χ0v) is 20.8. The average Bonchev–Trinajstić information content (AvgIpc) is 3.42. The first-order valence-corrected chi connectivity index (χ1v) is 12.6. The minimum absolute atomic E-state index is 0.0330. The summed E-state index contributed by atoms with van der Waals surface area (Å²) in [7, 11) is 0. The molecule has 0 radical (unpaired) electrons. The van der Waals surface area contributed by atoms with Crippen LogP contribution in [0.2, 0.25) is 5.02 Å². The molecule has 2 fully saturated rings. The van der Waals surface area contributed by atoms with Crippen molar-refractivity contribution in [3.05, 3.63) is 102 Å². The highest BCUT2D eigenvalue weighted by atomic mass is 35.5. The van der Waals surface area contributed by atoms with E-state index in [1.807, 2.05) is 48.5 Å². The lowest BCUT2D eigenvalue weighted by molar-refractivity contribution is -0.141. The minimum atomic E-state index is -0.891. The number of aliphatic hydroxyl groups excluding tert-OH is 1. The molecule has 0 unspecified atom stereocenters. The van der Waals surface area contributed by atoms with Crippen LogP contribution in [0, 0.1) is 11.8 Å². The molecule has 7 heteroatoms. The Bertz CT molecular complexity index is 1270. The minimum Gasteiger partial charge on any atom is -0.491 e. The maximum absolute atomic E-state index is 13.0. The molecule has 1 saturated heterocycles. The van der Waals surface area contributed by atoms with Crippen molar-refractivity contribution in [2.24, 2.45) is 11.8 Å². The van der Waals surface area contributed by atoms with E-state index in [0.717, 1.165) is 11.1 Å². The Morgan fingerprint density at radius 1 is 1.05 bits per heavy atom. The van der Waals surface area contributed by atoms with Crippen LogP contribution in [0.5, 0.6) is 5.75 Å². The second-order valence-electron chi connectivity index (χ2n) is 9.32. The number of ether oxygens (including phenoxy) is 3. The molecule has 2 aliphatic rings. The number of fused-ring (bicyclic) bond motifs is 1. The summed E-state index contributed by atoms with van der Waals surface area (Å²) in [6, 6.07) is 24.1. The molecule has 1 heterocycles. The molecule has 0 aromatic heterocycles. The fraction of sp³-hybridized carbons (Fsp3) is 0.267. The molecular weight excluding hydrogens is 492 g/mol. The molecule has 1 aliphatic carbocycles. The van der Waals surface area contributed by atoms with Gasteiger partial charge in [0.15, 0.2) is 0 Å². The number of hydrogen-bond acceptors (Lipinski definition) is 6. The molecule has 3 aromatic carbocycles. The maximum Gasteiger partial charge on any atom is 0.338 e. The zero-order chi connectivity index (χ0) is 25.8. The van der Waals surface area contributed by atoms with Gasteiger partial charge in [-0.2, -0.15) is 0 Å². The summed E-state index contributed by atoms with van der Waals surface area (Å²) >= 11 is 5.97. The van der Waals surface area contributed by atoms with Crippen LogP contribution in [-0.2, 0) is 14.3 Å². The van der Waals surface area contributed by atoms with Gasteiger partial charge in [0.25, 0.3) is 0 Å². The van der Waals surface area contributed by atoms with Crippen molar-refractivity contribution in [2.45, 2.75) is 31.2 Å². The normalized spacial score (nSPS) is 23.5. The lowest BCUT2D eigenvalue weighted by Gasteiger charge is -2.20. The summed E-state index contributed by atoms with van der Waals surface area (Å²) in [6.07, 6.45) is 2.45. The van der Waals surface area contributed by atoms with Gasteiger partial charge in [-0.05, 0) is 41.5 Å². The van der Waals surface area contributed by atoms with E-state index in [1.54, 1.807) is 42.5 Å². The van der Waals surface area contributed by atoms with Crippen LogP contribution >= 0.6 is 11.6 Å². The number of esters is 2. The van der Waals surface area contributed by atoms with Gasteiger partial charge in [0, 0.05) is 23.3 Å². The number of hydrogen-bond donors (Lipinski definition) is 1. The number of benzene rings is 3. The van der Waals surface area contributed by atoms with E-state index < -0.39 is 18.2 Å². The summed E-state index contributed by atoms with van der Waals surface area (Å²) in [4.78, 5) is 24.9. The van der Waals surface area contributed by atoms with Gasteiger partial charge in [-0.1, -0.05) is 72.3 Å². The highest BCUT2D eigenvalue weighted by molar-refractivity contribution is 6.30. The standard InChI is InChI=1S/C30H27ClO6/c31-22-7-4-8-24(15-22)35-18-23(32)13-14-25-26-16-29(33)36-28(26)17-27(25)37-30(34)21-11-9-20(10-12-21)19-5-2-1-3-6-19/h1-15,23,25-28,32H,16-18H2/t23-,25+,26+,27+,28-/m0/s1. The molecule has 1 saturated carbocycles. The lowest BCUT2D eigenvalue weighted by Crippen LogP contribution is -2.25. The van der Waals surface area contributed by atoms with Crippen molar-refractivity contribution in [1.82, 2.24) is 0 Å². The highest BCUT2D eigenvalue weighted by Crippen LogP contribution is 2.43. The smallest absolute Gasteiger partial charge is 0.338 e. The summed E-state index contributed by atoms with van der Waals surface area (Å²) in [5.74, 6) is -0.493. The van der Waals surface area contributed by atoms with Crippen LogP contribution in [0.25, 0.3) is 11.1 Å². The second kappa shape index (κ2) is 11.2. The van der Waals surface area contributed by atoms with Crippen LogP contribution in [0.3, 0.4) is 0 Å². The van der Waals surface area contributed by atoms with Crippen LogP contribution in [-0.4, -0.2) is 42.0 Å². The van der Waals surface area contributed by atoms with E-state index >= 15 is 0 Å². The monoisotopic (exact) mass is 518 g/mol. The van der Waals surface area contributed by atoms with Gasteiger partial charge >= 0.3 is 11.9 Å². The van der Waals surface area contributed by atoms with Crippen LogP contribution in [0.1, 0.15) is 23.2 Å². The molecule has 1 N–H and O–H groups in total. The van der Waals surface area contributed by atoms with Crippen molar-refractivity contribution >= 4 is 23.5 Å². The molecule has 0 amide bonds. The average molecular weight is 519 g/mol. The third kappa shape index (κ3) is 6.04. The van der Waals surface area contributed by atoms with E-state index in [9.17, 15) is 14.7 Å². The number of aliphatic hydroxyl groups is 1. The molecule has 5 rings (SSSR count). The van der Waals surface area contributed by atoms with Gasteiger partial charge in [0.05, 0.1) is 12.0 Å². The summed E-state index contributed by atoms with van der Waals surface area (Å²) in [5.41, 5.74) is 2.52. The predicted octanol–water partition coefficient (Wildman–Crippen LogP) is 5.48. The number of carbonyl (C=O) groups is 2. The third-order valence-electron chi connectivity index (χ3n) is 6.81.